The predicted octanol–water partition coefficient (Wildman–Crippen LogP) is 0.873. The number of rotatable bonds is 3. The Kier molecular flexibility index (Phi) is 3.06. The molecule has 0 unspecified atom stereocenters. The lowest BCUT2D eigenvalue weighted by atomic mass is 10.2. The predicted molar refractivity (Wildman–Crippen MR) is 54.6 cm³/mol. The number of amides is 1. The number of hydrogen-bond acceptors (Lipinski definition) is 2. The highest BCUT2D eigenvalue weighted by Crippen LogP contribution is 2.08. The lowest BCUT2D eigenvalue weighted by molar-refractivity contribution is -0.125. The summed E-state index contributed by atoms with van der Waals surface area (Å²) in [5, 5.41) is 4.11. The molecule has 4 nitrogen and oxygen atoms in total. The Balaban J connectivity index is 2.74. The van der Waals surface area contributed by atoms with Crippen molar-refractivity contribution in [1.82, 2.24) is 14.7 Å². The lowest BCUT2D eigenvalue weighted by Crippen LogP contribution is -2.24. The van der Waals surface area contributed by atoms with Gasteiger partial charge in [0.05, 0.1) is 6.20 Å². The first kappa shape index (κ1) is 10.5. The monoisotopic (exact) mass is 193 g/mol. The van der Waals surface area contributed by atoms with Crippen molar-refractivity contribution in [1.29, 1.82) is 0 Å². The summed E-state index contributed by atoms with van der Waals surface area (Å²) in [4.78, 5) is 12.8. The van der Waals surface area contributed by atoms with Crippen LogP contribution in [0.15, 0.2) is 18.9 Å². The number of carbonyl (C=O) groups excluding carboxylic acids is 1. The van der Waals surface area contributed by atoms with Crippen molar-refractivity contribution in [2.75, 3.05) is 7.05 Å². The van der Waals surface area contributed by atoms with Crippen LogP contribution in [0.2, 0.25) is 0 Å². The van der Waals surface area contributed by atoms with Crippen molar-refractivity contribution in [2.45, 2.75) is 13.5 Å². The second-order valence-electron chi connectivity index (χ2n) is 3.28. The number of aromatic nitrogens is 2. The minimum Gasteiger partial charge on any atom is -0.338 e. The molecule has 0 aromatic carbocycles. The van der Waals surface area contributed by atoms with Crippen LogP contribution in [0, 0.1) is 6.92 Å². The summed E-state index contributed by atoms with van der Waals surface area (Å²) in [5.41, 5.74) is 2.14. The van der Waals surface area contributed by atoms with Gasteiger partial charge < -0.3 is 4.90 Å². The van der Waals surface area contributed by atoms with Crippen molar-refractivity contribution >= 4 is 5.91 Å². The number of nitrogens with zero attached hydrogens (tertiary/aromatic N) is 3. The van der Waals surface area contributed by atoms with Gasteiger partial charge in [-0.1, -0.05) is 6.58 Å². The van der Waals surface area contributed by atoms with E-state index in [0.29, 0.717) is 6.54 Å². The molecule has 0 radical (unpaired) electrons. The Morgan fingerprint density at radius 1 is 1.79 bits per heavy atom. The maximum atomic E-state index is 11.2. The van der Waals surface area contributed by atoms with Crippen LogP contribution in [-0.2, 0) is 18.4 Å². The molecular formula is C10H15N3O. The molecule has 1 heterocycles. The molecular weight excluding hydrogens is 178 g/mol. The average Bonchev–Trinajstić information content (AvgIpc) is 2.48. The zero-order valence-corrected chi connectivity index (χ0v) is 8.82. The quantitative estimate of drug-likeness (QED) is 0.668. The standard InChI is InChI=1S/C10H15N3O/c1-5-10(14)12(3)7-9-6-11-13(4)8(9)2/h5-6H,1,7H2,2-4H3. The van der Waals surface area contributed by atoms with E-state index in [1.165, 1.54) is 6.08 Å². The average molecular weight is 193 g/mol. The molecule has 0 saturated carbocycles. The largest absolute Gasteiger partial charge is 0.338 e. The van der Waals surface area contributed by atoms with Crippen LogP contribution in [0.5, 0.6) is 0 Å². The molecule has 1 aromatic heterocycles. The highest BCUT2D eigenvalue weighted by atomic mass is 16.2. The summed E-state index contributed by atoms with van der Waals surface area (Å²) >= 11 is 0. The van der Waals surface area contributed by atoms with E-state index < -0.39 is 0 Å². The van der Waals surface area contributed by atoms with Crippen molar-refractivity contribution in [2.24, 2.45) is 7.05 Å². The van der Waals surface area contributed by atoms with Gasteiger partial charge in [0, 0.05) is 31.9 Å². The Bertz CT molecular complexity index is 354. The lowest BCUT2D eigenvalue weighted by Gasteiger charge is -2.14. The van der Waals surface area contributed by atoms with Gasteiger partial charge in [0.1, 0.15) is 0 Å². The van der Waals surface area contributed by atoms with Gasteiger partial charge in [-0.15, -0.1) is 0 Å². The van der Waals surface area contributed by atoms with Crippen LogP contribution in [-0.4, -0.2) is 27.6 Å². The zero-order chi connectivity index (χ0) is 10.7. The van der Waals surface area contributed by atoms with E-state index in [1.54, 1.807) is 22.8 Å². The first-order chi connectivity index (χ1) is 6.56. The summed E-state index contributed by atoms with van der Waals surface area (Å²) in [6.45, 7) is 5.99. The molecule has 1 amide bonds. The highest BCUT2D eigenvalue weighted by molar-refractivity contribution is 5.86. The third kappa shape index (κ3) is 2.02. The first-order valence-corrected chi connectivity index (χ1v) is 4.41. The molecule has 1 rings (SSSR count). The van der Waals surface area contributed by atoms with Crippen LogP contribution < -0.4 is 0 Å². The zero-order valence-electron chi connectivity index (χ0n) is 8.82. The molecule has 0 bridgehead atoms. The number of aryl methyl sites for hydroxylation is 1. The van der Waals surface area contributed by atoms with Crippen molar-refractivity contribution in [3.63, 3.8) is 0 Å². The van der Waals surface area contributed by atoms with Gasteiger partial charge in [0.15, 0.2) is 0 Å². The van der Waals surface area contributed by atoms with E-state index >= 15 is 0 Å². The molecule has 1 aromatic rings. The smallest absolute Gasteiger partial charge is 0.245 e. The minimum atomic E-state index is -0.0757. The first-order valence-electron chi connectivity index (χ1n) is 4.41. The fraction of sp³-hybridized carbons (Fsp3) is 0.400. The Morgan fingerprint density at radius 3 is 2.86 bits per heavy atom. The van der Waals surface area contributed by atoms with Crippen molar-refractivity contribution < 1.29 is 4.79 Å². The second-order valence-corrected chi connectivity index (χ2v) is 3.28. The van der Waals surface area contributed by atoms with Gasteiger partial charge in [0.25, 0.3) is 0 Å². The fourth-order valence-electron chi connectivity index (χ4n) is 1.19. The highest BCUT2D eigenvalue weighted by Gasteiger charge is 2.09. The summed E-state index contributed by atoms with van der Waals surface area (Å²) < 4.78 is 1.79. The summed E-state index contributed by atoms with van der Waals surface area (Å²) in [7, 11) is 3.63. The minimum absolute atomic E-state index is 0.0757. The molecule has 4 heteroatoms. The summed E-state index contributed by atoms with van der Waals surface area (Å²) in [5.74, 6) is -0.0757. The molecule has 0 aliphatic rings. The van der Waals surface area contributed by atoms with E-state index in [0.717, 1.165) is 11.3 Å². The number of carbonyl (C=O) groups is 1. The van der Waals surface area contributed by atoms with Gasteiger partial charge in [-0.05, 0) is 13.0 Å². The van der Waals surface area contributed by atoms with E-state index in [4.69, 9.17) is 0 Å². The molecule has 0 fully saturated rings. The van der Waals surface area contributed by atoms with Crippen LogP contribution in [0.4, 0.5) is 0 Å². The van der Waals surface area contributed by atoms with Crippen LogP contribution in [0.25, 0.3) is 0 Å². The molecule has 0 saturated heterocycles. The Labute approximate surface area is 83.8 Å². The van der Waals surface area contributed by atoms with E-state index in [9.17, 15) is 4.79 Å². The molecule has 0 N–H and O–H groups in total. The molecule has 0 spiro atoms. The van der Waals surface area contributed by atoms with Crippen molar-refractivity contribution in [3.8, 4) is 0 Å². The fourth-order valence-corrected chi connectivity index (χ4v) is 1.19. The maximum absolute atomic E-state index is 11.2. The van der Waals surface area contributed by atoms with Gasteiger partial charge in [-0.25, -0.2) is 0 Å². The van der Waals surface area contributed by atoms with Crippen LogP contribution >= 0.6 is 0 Å². The van der Waals surface area contributed by atoms with Crippen LogP contribution in [0.3, 0.4) is 0 Å². The number of hydrogen-bond donors (Lipinski definition) is 0. The van der Waals surface area contributed by atoms with Gasteiger partial charge >= 0.3 is 0 Å². The summed E-state index contributed by atoms with van der Waals surface area (Å²) in [6, 6.07) is 0. The topological polar surface area (TPSA) is 38.1 Å². The SMILES string of the molecule is C=CC(=O)N(C)Cc1cnn(C)c1C. The van der Waals surface area contributed by atoms with E-state index in [1.807, 2.05) is 14.0 Å². The Hall–Kier alpha value is -1.58. The van der Waals surface area contributed by atoms with E-state index in [-0.39, 0.29) is 5.91 Å². The molecule has 0 aliphatic heterocycles. The number of likely N-dealkylation sites (N-methyl/N-ethyl adjacent to an activating group) is 1. The Morgan fingerprint density at radius 2 is 2.43 bits per heavy atom. The third-order valence-corrected chi connectivity index (χ3v) is 2.30. The molecule has 76 valence electrons. The third-order valence-electron chi connectivity index (χ3n) is 2.30. The van der Waals surface area contributed by atoms with Crippen LogP contribution in [0.1, 0.15) is 11.3 Å². The van der Waals surface area contributed by atoms with Gasteiger partial charge in [0.2, 0.25) is 5.91 Å². The normalized spacial score (nSPS) is 9.93. The second kappa shape index (κ2) is 4.09. The van der Waals surface area contributed by atoms with Gasteiger partial charge in [-0.2, -0.15) is 5.10 Å². The molecule has 0 atom stereocenters. The molecule has 0 aliphatic carbocycles. The summed E-state index contributed by atoms with van der Waals surface area (Å²) in [6.07, 6.45) is 3.09. The van der Waals surface area contributed by atoms with E-state index in [2.05, 4.69) is 11.7 Å². The van der Waals surface area contributed by atoms with Crippen molar-refractivity contribution in [3.05, 3.63) is 30.1 Å². The maximum Gasteiger partial charge on any atom is 0.245 e. The molecule has 14 heavy (non-hydrogen) atoms. The van der Waals surface area contributed by atoms with Gasteiger partial charge in [-0.3, -0.25) is 9.48 Å².